The molecule has 1 fully saturated rings. The molecule has 1 aromatic heterocycles. The first-order chi connectivity index (χ1) is 8.86. The van der Waals surface area contributed by atoms with Crippen LogP contribution in [0.15, 0.2) is 47.8 Å². The molecule has 1 aromatic carbocycles. The van der Waals surface area contributed by atoms with E-state index >= 15 is 0 Å². The van der Waals surface area contributed by atoms with Crippen LogP contribution in [0.3, 0.4) is 0 Å². The summed E-state index contributed by atoms with van der Waals surface area (Å²) in [4.78, 5) is 15.7. The van der Waals surface area contributed by atoms with E-state index in [-0.39, 0.29) is 11.3 Å². The van der Waals surface area contributed by atoms with E-state index in [1.165, 1.54) is 4.88 Å². The van der Waals surface area contributed by atoms with Crippen LogP contribution in [0.4, 0.5) is 0 Å². The molecular weight excluding hydrogens is 262 g/mol. The third-order valence-corrected chi connectivity index (χ3v) is 5.28. The first-order valence-electron chi connectivity index (χ1n) is 5.87. The van der Waals surface area contributed by atoms with Gasteiger partial charge in [-0.25, -0.2) is 0 Å². The van der Waals surface area contributed by atoms with Gasteiger partial charge in [-0.3, -0.25) is 4.79 Å². The van der Waals surface area contributed by atoms with Crippen molar-refractivity contribution >= 4 is 29.0 Å². The Morgan fingerprint density at radius 1 is 1.17 bits per heavy atom. The Labute approximate surface area is 115 Å². The molecule has 2 heterocycles. The van der Waals surface area contributed by atoms with Crippen molar-refractivity contribution in [3.05, 3.63) is 58.3 Å². The van der Waals surface area contributed by atoms with Crippen molar-refractivity contribution in [2.75, 3.05) is 12.3 Å². The maximum atomic E-state index is 12.5. The summed E-state index contributed by atoms with van der Waals surface area (Å²) in [5, 5.41) is 2.26. The van der Waals surface area contributed by atoms with Gasteiger partial charge in [-0.05, 0) is 23.6 Å². The number of amides is 1. The summed E-state index contributed by atoms with van der Waals surface area (Å²) in [6.07, 6.45) is 0. The smallest absolute Gasteiger partial charge is 0.255 e. The van der Waals surface area contributed by atoms with Gasteiger partial charge in [0.2, 0.25) is 0 Å². The quantitative estimate of drug-likeness (QED) is 0.834. The van der Waals surface area contributed by atoms with Crippen molar-refractivity contribution in [2.24, 2.45) is 0 Å². The van der Waals surface area contributed by atoms with E-state index in [4.69, 9.17) is 0 Å². The van der Waals surface area contributed by atoms with Crippen molar-refractivity contribution in [1.29, 1.82) is 0 Å². The minimum Gasteiger partial charge on any atom is -0.321 e. The zero-order chi connectivity index (χ0) is 12.4. The van der Waals surface area contributed by atoms with Gasteiger partial charge in [0.1, 0.15) is 5.37 Å². The van der Waals surface area contributed by atoms with Crippen LogP contribution in [-0.2, 0) is 0 Å². The van der Waals surface area contributed by atoms with Crippen LogP contribution in [0, 0.1) is 0 Å². The van der Waals surface area contributed by atoms with Crippen molar-refractivity contribution in [1.82, 2.24) is 4.90 Å². The van der Waals surface area contributed by atoms with Crippen LogP contribution in [0.1, 0.15) is 20.6 Å². The Morgan fingerprint density at radius 3 is 2.72 bits per heavy atom. The molecule has 1 unspecified atom stereocenters. The van der Waals surface area contributed by atoms with Crippen molar-refractivity contribution < 1.29 is 4.79 Å². The zero-order valence-electron chi connectivity index (χ0n) is 9.78. The summed E-state index contributed by atoms with van der Waals surface area (Å²) in [5.74, 6) is 1.15. The van der Waals surface area contributed by atoms with Crippen LogP contribution in [0.2, 0.25) is 0 Å². The number of carbonyl (C=O) groups excluding carboxylic acids is 1. The number of rotatable bonds is 2. The lowest BCUT2D eigenvalue weighted by Crippen LogP contribution is -2.29. The van der Waals surface area contributed by atoms with Crippen LogP contribution in [-0.4, -0.2) is 23.1 Å². The number of benzene rings is 1. The van der Waals surface area contributed by atoms with Gasteiger partial charge in [-0.2, -0.15) is 0 Å². The molecule has 92 valence electrons. The molecule has 1 saturated heterocycles. The molecule has 18 heavy (non-hydrogen) atoms. The Bertz CT molecular complexity index is 524. The average molecular weight is 275 g/mol. The lowest BCUT2D eigenvalue weighted by atomic mass is 10.2. The first kappa shape index (κ1) is 11.8. The van der Waals surface area contributed by atoms with Crippen LogP contribution >= 0.6 is 23.1 Å². The van der Waals surface area contributed by atoms with E-state index in [1.807, 2.05) is 53.1 Å². The molecule has 2 nitrogen and oxygen atoms in total. The molecule has 0 aliphatic carbocycles. The molecule has 0 N–H and O–H groups in total. The minimum absolute atomic E-state index is 0.138. The summed E-state index contributed by atoms with van der Waals surface area (Å²) < 4.78 is 0. The fourth-order valence-corrected chi connectivity index (χ4v) is 4.33. The molecule has 1 amide bonds. The van der Waals surface area contributed by atoms with Crippen LogP contribution in [0.25, 0.3) is 0 Å². The molecule has 0 spiro atoms. The summed E-state index contributed by atoms with van der Waals surface area (Å²) >= 11 is 3.57. The molecule has 1 aliphatic heterocycles. The second kappa shape index (κ2) is 5.16. The predicted octanol–water partition coefficient (Wildman–Crippen LogP) is 3.64. The summed E-state index contributed by atoms with van der Waals surface area (Å²) in [7, 11) is 0. The predicted molar refractivity (Wildman–Crippen MR) is 77.0 cm³/mol. The topological polar surface area (TPSA) is 20.3 Å². The number of carbonyl (C=O) groups is 1. The fourth-order valence-electron chi connectivity index (χ4n) is 2.09. The van der Waals surface area contributed by atoms with Gasteiger partial charge in [0, 0.05) is 22.7 Å². The van der Waals surface area contributed by atoms with Crippen molar-refractivity contribution in [3.8, 4) is 0 Å². The van der Waals surface area contributed by atoms with Gasteiger partial charge in [0.15, 0.2) is 0 Å². The Kier molecular flexibility index (Phi) is 3.39. The molecule has 4 heteroatoms. The Balaban J connectivity index is 1.85. The SMILES string of the molecule is O=C(c1ccccc1)N1CCSC1c1cccs1. The maximum Gasteiger partial charge on any atom is 0.255 e. The molecule has 1 aliphatic rings. The number of thioether (sulfide) groups is 1. The number of hydrogen-bond acceptors (Lipinski definition) is 3. The number of thiophene rings is 1. The summed E-state index contributed by atoms with van der Waals surface area (Å²) in [5.41, 5.74) is 0.779. The Morgan fingerprint density at radius 2 is 2.00 bits per heavy atom. The third kappa shape index (κ3) is 2.18. The molecular formula is C14H13NOS2. The normalized spacial score (nSPS) is 19.1. The number of hydrogen-bond donors (Lipinski definition) is 0. The van der Waals surface area contributed by atoms with E-state index in [9.17, 15) is 4.79 Å². The van der Waals surface area contributed by atoms with E-state index in [1.54, 1.807) is 11.3 Å². The van der Waals surface area contributed by atoms with Crippen LogP contribution < -0.4 is 0 Å². The molecule has 0 bridgehead atoms. The standard InChI is InChI=1S/C14H13NOS2/c16-13(11-5-2-1-3-6-11)15-8-10-18-14(15)12-7-4-9-17-12/h1-7,9,14H,8,10H2. The van der Waals surface area contributed by atoms with Crippen molar-refractivity contribution in [3.63, 3.8) is 0 Å². The number of nitrogens with zero attached hydrogens (tertiary/aromatic N) is 1. The minimum atomic E-state index is 0.138. The summed E-state index contributed by atoms with van der Waals surface area (Å²) in [6, 6.07) is 13.7. The highest BCUT2D eigenvalue weighted by Gasteiger charge is 2.31. The fraction of sp³-hybridized carbons (Fsp3) is 0.214. The second-order valence-corrected chi connectivity index (χ2v) is 6.27. The molecule has 3 rings (SSSR count). The van der Waals surface area contributed by atoms with E-state index in [2.05, 4.69) is 11.4 Å². The van der Waals surface area contributed by atoms with E-state index in [0.717, 1.165) is 17.9 Å². The monoisotopic (exact) mass is 275 g/mol. The lowest BCUT2D eigenvalue weighted by molar-refractivity contribution is 0.0762. The largest absolute Gasteiger partial charge is 0.321 e. The Hall–Kier alpha value is -1.26. The van der Waals surface area contributed by atoms with Gasteiger partial charge < -0.3 is 4.90 Å². The molecule has 0 radical (unpaired) electrons. The maximum absolute atomic E-state index is 12.5. The molecule has 0 saturated carbocycles. The van der Waals surface area contributed by atoms with Crippen molar-refractivity contribution in [2.45, 2.75) is 5.37 Å². The van der Waals surface area contributed by atoms with Crippen LogP contribution in [0.5, 0.6) is 0 Å². The highest BCUT2D eigenvalue weighted by molar-refractivity contribution is 7.99. The van der Waals surface area contributed by atoms with Gasteiger partial charge >= 0.3 is 0 Å². The van der Waals surface area contributed by atoms with Gasteiger partial charge in [-0.1, -0.05) is 24.3 Å². The molecule has 2 aromatic rings. The van der Waals surface area contributed by atoms with Gasteiger partial charge in [0.25, 0.3) is 5.91 Å². The van der Waals surface area contributed by atoms with E-state index in [0.29, 0.717) is 0 Å². The lowest BCUT2D eigenvalue weighted by Gasteiger charge is -2.22. The van der Waals surface area contributed by atoms with Gasteiger partial charge in [-0.15, -0.1) is 23.1 Å². The van der Waals surface area contributed by atoms with Gasteiger partial charge in [0.05, 0.1) is 0 Å². The zero-order valence-corrected chi connectivity index (χ0v) is 11.4. The first-order valence-corrected chi connectivity index (χ1v) is 7.80. The van der Waals surface area contributed by atoms with E-state index < -0.39 is 0 Å². The third-order valence-electron chi connectivity index (χ3n) is 2.96. The highest BCUT2D eigenvalue weighted by atomic mass is 32.2. The molecule has 1 atom stereocenters. The second-order valence-electron chi connectivity index (χ2n) is 4.10. The highest BCUT2D eigenvalue weighted by Crippen LogP contribution is 2.40. The summed E-state index contributed by atoms with van der Waals surface area (Å²) in [6.45, 7) is 0.834. The average Bonchev–Trinajstić information content (AvgIpc) is 3.09.